The van der Waals surface area contributed by atoms with Crippen molar-refractivity contribution in [3.8, 4) is 0 Å². The number of amides is 1. The first kappa shape index (κ1) is 18.3. The Hall–Kier alpha value is -2.51. The van der Waals surface area contributed by atoms with Crippen molar-refractivity contribution in [2.75, 3.05) is 0 Å². The van der Waals surface area contributed by atoms with Crippen molar-refractivity contribution in [1.82, 2.24) is 5.32 Å². The lowest BCUT2D eigenvalue weighted by Gasteiger charge is -2.14. The molecule has 2 N–H and O–H groups in total. The molecule has 1 amide bonds. The minimum Gasteiger partial charge on any atom is -0.480 e. The first-order valence-electron chi connectivity index (χ1n) is 7.51. The van der Waals surface area contributed by atoms with E-state index in [-0.39, 0.29) is 21.7 Å². The van der Waals surface area contributed by atoms with Crippen molar-refractivity contribution in [2.24, 2.45) is 0 Å². The summed E-state index contributed by atoms with van der Waals surface area (Å²) in [6.07, 6.45) is 0.0910. The smallest absolute Gasteiger partial charge is 0.326 e. The number of benzene rings is 2. The van der Waals surface area contributed by atoms with Crippen LogP contribution >= 0.6 is 22.9 Å². The summed E-state index contributed by atoms with van der Waals surface area (Å²) in [4.78, 5) is 24.0. The summed E-state index contributed by atoms with van der Waals surface area (Å²) in [6, 6.07) is 9.53. The van der Waals surface area contributed by atoms with Gasteiger partial charge in [0.25, 0.3) is 5.91 Å². The molecule has 0 fully saturated rings. The first-order valence-corrected chi connectivity index (χ1v) is 8.71. The maximum absolute atomic E-state index is 13.4. The zero-order valence-corrected chi connectivity index (χ0v) is 14.7. The van der Waals surface area contributed by atoms with Crippen LogP contribution in [0.5, 0.6) is 0 Å². The number of carbonyl (C=O) groups excluding carboxylic acids is 1. The number of rotatable bonds is 5. The van der Waals surface area contributed by atoms with Gasteiger partial charge in [-0.2, -0.15) is 0 Å². The highest BCUT2D eigenvalue weighted by atomic mass is 35.5. The minimum atomic E-state index is -1.20. The number of thiophene rings is 1. The second kappa shape index (κ2) is 7.39. The Morgan fingerprint density at radius 2 is 1.81 bits per heavy atom. The van der Waals surface area contributed by atoms with Gasteiger partial charge in [-0.05, 0) is 17.7 Å². The molecule has 3 aromatic rings. The van der Waals surface area contributed by atoms with Crippen LogP contribution in [0.1, 0.15) is 15.2 Å². The van der Waals surface area contributed by atoms with Gasteiger partial charge in [-0.3, -0.25) is 4.79 Å². The molecule has 0 aliphatic heterocycles. The highest BCUT2D eigenvalue weighted by Crippen LogP contribution is 2.36. The van der Waals surface area contributed by atoms with E-state index in [1.54, 1.807) is 30.3 Å². The highest BCUT2D eigenvalue weighted by molar-refractivity contribution is 7.21. The van der Waals surface area contributed by atoms with Crippen LogP contribution in [0.4, 0.5) is 8.78 Å². The molecule has 0 saturated heterocycles. The summed E-state index contributed by atoms with van der Waals surface area (Å²) in [6.45, 7) is 0. The Morgan fingerprint density at radius 1 is 1.15 bits per heavy atom. The van der Waals surface area contributed by atoms with Crippen LogP contribution in [0, 0.1) is 11.6 Å². The molecule has 26 heavy (non-hydrogen) atoms. The van der Waals surface area contributed by atoms with Gasteiger partial charge >= 0.3 is 5.97 Å². The molecule has 0 aliphatic carbocycles. The average Bonchev–Trinajstić information content (AvgIpc) is 2.92. The van der Waals surface area contributed by atoms with E-state index in [0.717, 1.165) is 29.0 Å². The standard InChI is InChI=1S/C18H12ClF2NO3S/c19-15-10-7-11(20)12(21)8-14(10)26-16(15)17(23)22-13(18(24)25)6-9-4-2-1-3-5-9/h1-5,7-8,13H,6H2,(H,22,23)(H,24,25). The third-order valence-electron chi connectivity index (χ3n) is 3.76. The van der Waals surface area contributed by atoms with Crippen molar-refractivity contribution in [3.63, 3.8) is 0 Å². The molecule has 8 heteroatoms. The van der Waals surface area contributed by atoms with Gasteiger partial charge in [0.05, 0.1) is 5.02 Å². The van der Waals surface area contributed by atoms with E-state index < -0.39 is 29.6 Å². The van der Waals surface area contributed by atoms with Crippen LogP contribution < -0.4 is 5.32 Å². The number of aliphatic carboxylic acids is 1. The van der Waals surface area contributed by atoms with Crippen molar-refractivity contribution < 1.29 is 23.5 Å². The molecule has 1 aromatic heterocycles. The van der Waals surface area contributed by atoms with Crippen molar-refractivity contribution in [1.29, 1.82) is 0 Å². The van der Waals surface area contributed by atoms with Crippen molar-refractivity contribution in [3.05, 3.63) is 69.6 Å². The van der Waals surface area contributed by atoms with Crippen molar-refractivity contribution >= 4 is 44.9 Å². The van der Waals surface area contributed by atoms with Gasteiger partial charge in [0.2, 0.25) is 0 Å². The average molecular weight is 396 g/mol. The van der Waals surface area contributed by atoms with Crippen LogP contribution in [-0.4, -0.2) is 23.0 Å². The van der Waals surface area contributed by atoms with E-state index >= 15 is 0 Å². The van der Waals surface area contributed by atoms with Crippen LogP contribution in [0.15, 0.2) is 42.5 Å². The fraction of sp³-hybridized carbons (Fsp3) is 0.111. The first-order chi connectivity index (χ1) is 12.4. The van der Waals surface area contributed by atoms with Gasteiger partial charge < -0.3 is 10.4 Å². The molecule has 0 saturated carbocycles. The molecule has 0 radical (unpaired) electrons. The van der Waals surface area contributed by atoms with Crippen LogP contribution in [-0.2, 0) is 11.2 Å². The van der Waals surface area contributed by atoms with Crippen LogP contribution in [0.3, 0.4) is 0 Å². The normalized spacial score (nSPS) is 12.1. The molecular weight excluding hydrogens is 384 g/mol. The minimum absolute atomic E-state index is 0.00554. The second-order valence-corrected chi connectivity index (χ2v) is 6.99. The number of nitrogens with one attached hydrogen (secondary N) is 1. The SMILES string of the molecule is O=C(NC(Cc1ccccc1)C(=O)O)c1sc2cc(F)c(F)cc2c1Cl. The Balaban J connectivity index is 1.87. The number of carbonyl (C=O) groups is 2. The van der Waals surface area contributed by atoms with E-state index in [0.29, 0.717) is 4.70 Å². The summed E-state index contributed by atoms with van der Waals surface area (Å²) < 4.78 is 27.0. The predicted molar refractivity (Wildman–Crippen MR) is 95.8 cm³/mol. The molecule has 1 unspecified atom stereocenters. The van der Waals surface area contributed by atoms with E-state index in [9.17, 15) is 23.5 Å². The van der Waals surface area contributed by atoms with Gasteiger partial charge in [0.15, 0.2) is 11.6 Å². The molecule has 1 heterocycles. The Labute approximate surface area is 156 Å². The lowest BCUT2D eigenvalue weighted by Crippen LogP contribution is -2.42. The molecule has 2 aromatic carbocycles. The Bertz CT molecular complexity index is 991. The van der Waals surface area contributed by atoms with Crippen LogP contribution in [0.25, 0.3) is 10.1 Å². The Morgan fingerprint density at radius 3 is 2.46 bits per heavy atom. The number of carboxylic acids is 1. The molecule has 0 aliphatic rings. The molecule has 0 bridgehead atoms. The number of hydrogen-bond donors (Lipinski definition) is 2. The fourth-order valence-electron chi connectivity index (χ4n) is 2.48. The largest absolute Gasteiger partial charge is 0.480 e. The fourth-order valence-corrected chi connectivity index (χ4v) is 3.90. The predicted octanol–water partition coefficient (Wildman–Crippen LogP) is 4.26. The quantitative estimate of drug-likeness (QED) is 0.678. The van der Waals surface area contributed by atoms with Crippen LogP contribution in [0.2, 0.25) is 5.02 Å². The molecular formula is C18H12ClF2NO3S. The lowest BCUT2D eigenvalue weighted by molar-refractivity contribution is -0.139. The van der Waals surface area contributed by atoms with Crippen molar-refractivity contribution in [2.45, 2.75) is 12.5 Å². The van der Waals surface area contributed by atoms with Gasteiger partial charge in [0.1, 0.15) is 10.9 Å². The van der Waals surface area contributed by atoms with Gasteiger partial charge in [-0.25, -0.2) is 13.6 Å². The van der Waals surface area contributed by atoms with Gasteiger partial charge in [-0.1, -0.05) is 41.9 Å². The third-order valence-corrected chi connectivity index (χ3v) is 5.42. The number of carboxylic acid groups (broad SMARTS) is 1. The topological polar surface area (TPSA) is 66.4 Å². The highest BCUT2D eigenvalue weighted by Gasteiger charge is 2.25. The van der Waals surface area contributed by atoms with E-state index in [2.05, 4.69) is 5.32 Å². The zero-order chi connectivity index (χ0) is 18.8. The monoisotopic (exact) mass is 395 g/mol. The summed E-state index contributed by atoms with van der Waals surface area (Å²) in [7, 11) is 0. The van der Waals surface area contributed by atoms with Gasteiger partial charge in [0, 0.05) is 16.5 Å². The zero-order valence-electron chi connectivity index (χ0n) is 13.1. The van der Waals surface area contributed by atoms with E-state index in [4.69, 9.17) is 11.6 Å². The molecule has 3 rings (SSSR count). The Kier molecular flexibility index (Phi) is 5.20. The molecule has 134 valence electrons. The summed E-state index contributed by atoms with van der Waals surface area (Å²) in [5.74, 6) is -4.02. The molecule has 4 nitrogen and oxygen atoms in total. The summed E-state index contributed by atoms with van der Waals surface area (Å²) in [5, 5.41) is 11.9. The van der Waals surface area contributed by atoms with E-state index in [1.165, 1.54) is 0 Å². The lowest BCUT2D eigenvalue weighted by atomic mass is 10.1. The maximum Gasteiger partial charge on any atom is 0.326 e. The third kappa shape index (κ3) is 3.68. The maximum atomic E-state index is 13.4. The number of halogens is 3. The molecule has 0 spiro atoms. The van der Waals surface area contributed by atoms with E-state index in [1.807, 2.05) is 0 Å². The summed E-state index contributed by atoms with van der Waals surface area (Å²) >= 11 is 6.98. The molecule has 1 atom stereocenters. The summed E-state index contributed by atoms with van der Waals surface area (Å²) in [5.41, 5.74) is 0.742. The second-order valence-electron chi connectivity index (χ2n) is 5.56. The van der Waals surface area contributed by atoms with Gasteiger partial charge in [-0.15, -0.1) is 11.3 Å². The number of hydrogen-bond acceptors (Lipinski definition) is 3. The number of fused-ring (bicyclic) bond motifs is 1.